The van der Waals surface area contributed by atoms with Gasteiger partial charge < -0.3 is 25.4 Å². The first-order valence-electron chi connectivity index (χ1n) is 13.4. The van der Waals surface area contributed by atoms with E-state index in [1.54, 1.807) is 36.0 Å². The first kappa shape index (κ1) is 29.9. The molecule has 0 saturated heterocycles. The van der Waals surface area contributed by atoms with Gasteiger partial charge in [0.2, 0.25) is 11.8 Å². The Kier molecular flexibility index (Phi) is 10.7. The van der Waals surface area contributed by atoms with Crippen LogP contribution in [0.15, 0.2) is 78.9 Å². The summed E-state index contributed by atoms with van der Waals surface area (Å²) in [5.74, 6) is 0.468. The molecule has 208 valence electrons. The number of rotatable bonds is 13. The lowest BCUT2D eigenvalue weighted by Crippen LogP contribution is -2.36. The average Bonchev–Trinajstić information content (AvgIpc) is 2.92. The monoisotopic (exact) mass is 531 g/mol. The summed E-state index contributed by atoms with van der Waals surface area (Å²) >= 11 is 0. The average molecular weight is 532 g/mol. The number of amides is 2. The van der Waals surface area contributed by atoms with Crippen molar-refractivity contribution < 1.29 is 19.4 Å². The van der Waals surface area contributed by atoms with Gasteiger partial charge in [0, 0.05) is 26.2 Å². The number of hydrogen-bond acceptors (Lipinski definition) is 5. The normalized spacial score (nSPS) is 12.5. The van der Waals surface area contributed by atoms with Crippen molar-refractivity contribution in [3.63, 3.8) is 0 Å². The molecule has 0 heterocycles. The van der Waals surface area contributed by atoms with Crippen molar-refractivity contribution in [1.29, 1.82) is 0 Å². The number of likely N-dealkylation sites (N-methyl/N-ethyl adjacent to an activating group) is 2. The van der Waals surface area contributed by atoms with E-state index >= 15 is 0 Å². The molecule has 7 nitrogen and oxygen atoms in total. The number of carbonyl (C=O) groups excluding carboxylic acids is 2. The predicted molar refractivity (Wildman–Crippen MR) is 156 cm³/mol. The van der Waals surface area contributed by atoms with E-state index in [1.807, 2.05) is 74.5 Å². The van der Waals surface area contributed by atoms with Gasteiger partial charge in [0.1, 0.15) is 12.4 Å². The number of aliphatic hydroxyl groups is 1. The molecule has 0 saturated carbocycles. The summed E-state index contributed by atoms with van der Waals surface area (Å²) < 4.78 is 5.64. The molecule has 0 radical (unpaired) electrons. The molecular formula is C32H41N3O4. The summed E-state index contributed by atoms with van der Waals surface area (Å²) in [6.07, 6.45) is 4.66. The summed E-state index contributed by atoms with van der Waals surface area (Å²) in [5.41, 5.74) is 7.52. The number of nitrogens with zero attached hydrogens (tertiary/aromatic N) is 2. The van der Waals surface area contributed by atoms with Gasteiger partial charge in [-0.25, -0.2) is 0 Å². The van der Waals surface area contributed by atoms with Gasteiger partial charge in [-0.3, -0.25) is 9.59 Å². The fraction of sp³-hybridized carbons (Fsp3) is 0.375. The Balaban J connectivity index is 1.78. The summed E-state index contributed by atoms with van der Waals surface area (Å²) in [4.78, 5) is 29.9. The number of fused-ring (bicyclic) bond motifs is 1. The van der Waals surface area contributed by atoms with Gasteiger partial charge in [0.05, 0.1) is 19.1 Å². The standard InChI is InChI=1S/C32H41N3O4/c1-32(2,33)18-9-14-30(37)35(4)28(27-16-15-24-10-5-6-12-26(24)22-27)23-31(38)34(3)19-17-25-11-7-8-13-29(25)39-21-20-36/h5-16,22,28,36H,17-21,23,33H2,1-4H3/b14-9+. The summed E-state index contributed by atoms with van der Waals surface area (Å²) in [6, 6.07) is 21.3. The minimum Gasteiger partial charge on any atom is -0.491 e. The first-order valence-corrected chi connectivity index (χ1v) is 13.4. The number of ether oxygens (including phenoxy) is 1. The van der Waals surface area contributed by atoms with Gasteiger partial charge >= 0.3 is 0 Å². The maximum absolute atomic E-state index is 13.4. The van der Waals surface area contributed by atoms with Crippen LogP contribution in [0.4, 0.5) is 0 Å². The fourth-order valence-corrected chi connectivity index (χ4v) is 4.37. The van der Waals surface area contributed by atoms with Gasteiger partial charge in [-0.2, -0.15) is 0 Å². The second kappa shape index (κ2) is 13.9. The Morgan fingerprint density at radius 3 is 2.44 bits per heavy atom. The number of para-hydroxylation sites is 1. The Morgan fingerprint density at radius 1 is 1.03 bits per heavy atom. The van der Waals surface area contributed by atoms with Crippen molar-refractivity contribution in [2.45, 2.75) is 44.7 Å². The largest absolute Gasteiger partial charge is 0.491 e. The van der Waals surface area contributed by atoms with Crippen molar-refractivity contribution in [2.75, 3.05) is 33.9 Å². The van der Waals surface area contributed by atoms with Crippen LogP contribution in [0, 0.1) is 0 Å². The molecule has 3 N–H and O–H groups in total. The molecule has 3 aromatic rings. The fourth-order valence-electron chi connectivity index (χ4n) is 4.37. The van der Waals surface area contributed by atoms with Crippen molar-refractivity contribution in [2.24, 2.45) is 5.73 Å². The lowest BCUT2D eigenvalue weighted by molar-refractivity contribution is -0.133. The molecule has 0 fully saturated rings. The highest BCUT2D eigenvalue weighted by Gasteiger charge is 2.25. The molecule has 1 atom stereocenters. The molecule has 1 unspecified atom stereocenters. The molecule has 0 aromatic heterocycles. The van der Waals surface area contributed by atoms with E-state index in [0.717, 1.165) is 21.9 Å². The number of aliphatic hydroxyl groups excluding tert-OH is 1. The molecule has 3 aromatic carbocycles. The quantitative estimate of drug-likeness (QED) is 0.317. The SMILES string of the molecule is CN(CCc1ccccc1OCCO)C(=O)CC(c1ccc2ccccc2c1)N(C)C(=O)/C=C/CC(C)(C)N. The Labute approximate surface area is 231 Å². The highest BCUT2D eigenvalue weighted by molar-refractivity contribution is 5.89. The van der Waals surface area contributed by atoms with E-state index in [4.69, 9.17) is 15.6 Å². The van der Waals surface area contributed by atoms with Gasteiger partial charge in [0.15, 0.2) is 0 Å². The van der Waals surface area contributed by atoms with Crippen molar-refractivity contribution >= 4 is 22.6 Å². The molecule has 0 bridgehead atoms. The third-order valence-corrected chi connectivity index (χ3v) is 6.71. The van der Waals surface area contributed by atoms with Crippen LogP contribution in [0.1, 0.15) is 43.9 Å². The third kappa shape index (κ3) is 8.94. The Morgan fingerprint density at radius 2 is 1.72 bits per heavy atom. The highest BCUT2D eigenvalue weighted by atomic mass is 16.5. The van der Waals surface area contributed by atoms with Crippen LogP contribution in [-0.4, -0.2) is 66.1 Å². The Hall–Kier alpha value is -3.68. The molecule has 0 aliphatic rings. The van der Waals surface area contributed by atoms with Gasteiger partial charge in [-0.1, -0.05) is 60.7 Å². The van der Waals surface area contributed by atoms with Crippen LogP contribution in [0.5, 0.6) is 5.75 Å². The summed E-state index contributed by atoms with van der Waals surface area (Å²) in [7, 11) is 3.52. The zero-order valence-corrected chi connectivity index (χ0v) is 23.5. The molecule has 2 amide bonds. The van der Waals surface area contributed by atoms with Crippen molar-refractivity contribution in [1.82, 2.24) is 9.80 Å². The minimum atomic E-state index is -0.437. The zero-order chi connectivity index (χ0) is 28.4. The summed E-state index contributed by atoms with van der Waals surface area (Å²) in [5, 5.41) is 11.3. The topological polar surface area (TPSA) is 96.1 Å². The van der Waals surface area contributed by atoms with Gasteiger partial charge in [0.25, 0.3) is 0 Å². The molecule has 7 heteroatoms. The molecule has 0 aliphatic heterocycles. The van der Waals surface area contributed by atoms with E-state index in [0.29, 0.717) is 25.1 Å². The molecule has 3 rings (SSSR count). The Bertz CT molecular complexity index is 1280. The number of carbonyl (C=O) groups is 2. The highest BCUT2D eigenvalue weighted by Crippen LogP contribution is 2.28. The predicted octanol–water partition coefficient (Wildman–Crippen LogP) is 4.49. The third-order valence-electron chi connectivity index (χ3n) is 6.71. The van der Waals surface area contributed by atoms with Crippen LogP contribution in [0.2, 0.25) is 0 Å². The van der Waals surface area contributed by atoms with Gasteiger partial charge in [-0.15, -0.1) is 0 Å². The maximum atomic E-state index is 13.4. The second-order valence-electron chi connectivity index (χ2n) is 10.6. The number of hydrogen-bond donors (Lipinski definition) is 2. The van der Waals surface area contributed by atoms with E-state index in [1.165, 1.54) is 0 Å². The van der Waals surface area contributed by atoms with Crippen molar-refractivity contribution in [3.05, 3.63) is 90.0 Å². The van der Waals surface area contributed by atoms with Crippen LogP contribution < -0.4 is 10.5 Å². The lowest BCUT2D eigenvalue weighted by Gasteiger charge is -2.29. The van der Waals surface area contributed by atoms with Crippen molar-refractivity contribution in [3.8, 4) is 5.75 Å². The summed E-state index contributed by atoms with van der Waals surface area (Å²) in [6.45, 7) is 4.47. The van der Waals surface area contributed by atoms with Crippen LogP contribution >= 0.6 is 0 Å². The number of benzene rings is 3. The van der Waals surface area contributed by atoms with E-state index in [9.17, 15) is 9.59 Å². The van der Waals surface area contributed by atoms with Gasteiger partial charge in [-0.05, 0) is 66.8 Å². The van der Waals surface area contributed by atoms with Crippen LogP contribution in [0.25, 0.3) is 10.8 Å². The van der Waals surface area contributed by atoms with Crippen LogP contribution in [-0.2, 0) is 16.0 Å². The first-order chi connectivity index (χ1) is 18.6. The lowest BCUT2D eigenvalue weighted by atomic mass is 9.97. The van der Waals surface area contributed by atoms with Crippen LogP contribution in [0.3, 0.4) is 0 Å². The molecule has 0 spiro atoms. The molecular weight excluding hydrogens is 490 g/mol. The molecule has 0 aliphatic carbocycles. The van der Waals surface area contributed by atoms with E-state index in [2.05, 4.69) is 6.07 Å². The smallest absolute Gasteiger partial charge is 0.246 e. The minimum absolute atomic E-state index is 0.0612. The maximum Gasteiger partial charge on any atom is 0.246 e. The zero-order valence-electron chi connectivity index (χ0n) is 23.5. The van der Waals surface area contributed by atoms with E-state index in [-0.39, 0.29) is 31.4 Å². The molecule has 39 heavy (non-hydrogen) atoms. The van der Waals surface area contributed by atoms with E-state index < -0.39 is 11.6 Å². The number of nitrogens with two attached hydrogens (primary N) is 1. The second-order valence-corrected chi connectivity index (χ2v) is 10.6.